The van der Waals surface area contributed by atoms with Crippen LogP contribution in [-0.2, 0) is 9.53 Å². The van der Waals surface area contributed by atoms with Gasteiger partial charge < -0.3 is 14.8 Å². The van der Waals surface area contributed by atoms with Crippen LogP contribution >= 0.6 is 0 Å². The first kappa shape index (κ1) is 18.1. The summed E-state index contributed by atoms with van der Waals surface area (Å²) in [5.41, 5.74) is 1.16. The Morgan fingerprint density at radius 3 is 2.63 bits per heavy atom. The van der Waals surface area contributed by atoms with Gasteiger partial charge in [-0.3, -0.25) is 4.79 Å². The quantitative estimate of drug-likeness (QED) is 0.613. The molecule has 0 aliphatic carbocycles. The van der Waals surface area contributed by atoms with Crippen LogP contribution in [0.5, 0.6) is 5.75 Å². The highest BCUT2D eigenvalue weighted by Crippen LogP contribution is 2.23. The third-order valence-electron chi connectivity index (χ3n) is 3.45. The fraction of sp³-hybridized carbons (Fsp3) is 0.167. The van der Waals surface area contributed by atoms with Gasteiger partial charge in [-0.05, 0) is 43.3 Å². The first-order chi connectivity index (χ1) is 13.2. The Labute approximate surface area is 154 Å². The zero-order chi connectivity index (χ0) is 19.1. The lowest BCUT2D eigenvalue weighted by atomic mass is 10.1. The lowest BCUT2D eigenvalue weighted by Gasteiger charge is -2.07. The molecule has 0 saturated heterocycles. The van der Waals surface area contributed by atoms with E-state index in [0.717, 1.165) is 0 Å². The Morgan fingerprint density at radius 2 is 1.93 bits per heavy atom. The summed E-state index contributed by atoms with van der Waals surface area (Å²) in [4.78, 5) is 27.8. The second kappa shape index (κ2) is 8.56. The molecule has 1 amide bonds. The molecular weight excluding hydrogens is 350 g/mol. The van der Waals surface area contributed by atoms with E-state index in [-0.39, 0.29) is 24.8 Å². The number of nitrogens with zero attached hydrogens (tertiary/aromatic N) is 3. The maximum Gasteiger partial charge on any atom is 0.361 e. The number of H-pyrrole nitrogens is 1. The molecule has 0 fully saturated rings. The minimum Gasteiger partial charge on any atom is -0.484 e. The van der Waals surface area contributed by atoms with Crippen LogP contribution in [0.25, 0.3) is 11.3 Å². The average molecular weight is 367 g/mol. The molecular formula is C18H17N5O4. The van der Waals surface area contributed by atoms with Crippen LogP contribution < -0.4 is 10.1 Å². The SMILES string of the molecule is CCOC(=O)c1n[nH]nc1-c1ccc(OCC(=O)Nc2ccccn2)cc1. The van der Waals surface area contributed by atoms with E-state index in [9.17, 15) is 9.59 Å². The number of rotatable bonds is 7. The number of carbonyl (C=O) groups excluding carboxylic acids is 2. The predicted molar refractivity (Wildman–Crippen MR) is 96.1 cm³/mol. The summed E-state index contributed by atoms with van der Waals surface area (Å²) in [6.45, 7) is 1.81. The molecule has 0 aliphatic heterocycles. The number of amides is 1. The highest BCUT2D eigenvalue weighted by atomic mass is 16.5. The lowest BCUT2D eigenvalue weighted by Crippen LogP contribution is -2.20. The van der Waals surface area contributed by atoms with Crippen molar-refractivity contribution in [1.29, 1.82) is 0 Å². The number of hydrogen-bond acceptors (Lipinski definition) is 7. The number of carbonyl (C=O) groups is 2. The molecule has 2 heterocycles. The summed E-state index contributed by atoms with van der Waals surface area (Å²) in [6.07, 6.45) is 1.59. The van der Waals surface area contributed by atoms with Gasteiger partial charge in [-0.1, -0.05) is 6.07 Å². The second-order valence-electron chi connectivity index (χ2n) is 5.32. The number of anilines is 1. The molecule has 0 bridgehead atoms. The maximum absolute atomic E-state index is 11.9. The van der Waals surface area contributed by atoms with Crippen molar-refractivity contribution in [2.75, 3.05) is 18.5 Å². The Balaban J connectivity index is 1.60. The smallest absolute Gasteiger partial charge is 0.361 e. The van der Waals surface area contributed by atoms with Crippen molar-refractivity contribution >= 4 is 17.7 Å². The molecule has 9 heteroatoms. The third kappa shape index (κ3) is 4.66. The van der Waals surface area contributed by atoms with Crippen LogP contribution in [-0.4, -0.2) is 45.5 Å². The molecule has 1 aromatic carbocycles. The van der Waals surface area contributed by atoms with Gasteiger partial charge >= 0.3 is 5.97 Å². The van der Waals surface area contributed by atoms with Crippen LogP contribution in [0.15, 0.2) is 48.7 Å². The summed E-state index contributed by atoms with van der Waals surface area (Å²) in [6, 6.07) is 12.0. The Hall–Kier alpha value is -3.75. The molecule has 0 saturated carbocycles. The van der Waals surface area contributed by atoms with Gasteiger partial charge in [-0.25, -0.2) is 9.78 Å². The van der Waals surface area contributed by atoms with Crippen LogP contribution in [0.1, 0.15) is 17.4 Å². The molecule has 3 rings (SSSR count). The van der Waals surface area contributed by atoms with Gasteiger partial charge in [0.1, 0.15) is 17.3 Å². The number of esters is 1. The van der Waals surface area contributed by atoms with Crippen LogP contribution in [0.4, 0.5) is 5.82 Å². The van der Waals surface area contributed by atoms with Crippen molar-refractivity contribution in [3.05, 3.63) is 54.4 Å². The number of benzene rings is 1. The number of nitrogens with one attached hydrogen (secondary N) is 2. The minimum absolute atomic E-state index is 0.111. The van der Waals surface area contributed by atoms with E-state index < -0.39 is 5.97 Å². The molecule has 2 aromatic heterocycles. The molecule has 0 aliphatic rings. The van der Waals surface area contributed by atoms with Crippen molar-refractivity contribution in [1.82, 2.24) is 20.4 Å². The largest absolute Gasteiger partial charge is 0.484 e. The molecule has 0 unspecified atom stereocenters. The fourth-order valence-electron chi connectivity index (χ4n) is 2.25. The number of hydrogen-bond donors (Lipinski definition) is 2. The summed E-state index contributed by atoms with van der Waals surface area (Å²) < 4.78 is 10.4. The normalized spacial score (nSPS) is 10.3. The van der Waals surface area contributed by atoms with E-state index in [1.54, 1.807) is 55.6 Å². The van der Waals surface area contributed by atoms with Crippen molar-refractivity contribution in [3.63, 3.8) is 0 Å². The minimum atomic E-state index is -0.548. The number of aromatic amines is 1. The highest BCUT2D eigenvalue weighted by Gasteiger charge is 2.19. The monoisotopic (exact) mass is 367 g/mol. The van der Waals surface area contributed by atoms with Crippen molar-refractivity contribution in [3.8, 4) is 17.0 Å². The van der Waals surface area contributed by atoms with E-state index in [1.165, 1.54) is 0 Å². The Bertz CT molecular complexity index is 909. The highest BCUT2D eigenvalue weighted by molar-refractivity contribution is 5.94. The van der Waals surface area contributed by atoms with Gasteiger partial charge in [-0.15, -0.1) is 5.10 Å². The number of pyridine rings is 1. The van der Waals surface area contributed by atoms with E-state index in [0.29, 0.717) is 22.8 Å². The molecule has 0 radical (unpaired) electrons. The van der Waals surface area contributed by atoms with Crippen molar-refractivity contribution < 1.29 is 19.1 Å². The molecule has 2 N–H and O–H groups in total. The summed E-state index contributed by atoms with van der Waals surface area (Å²) in [5, 5.41) is 12.9. The van der Waals surface area contributed by atoms with Crippen LogP contribution in [0.3, 0.4) is 0 Å². The van der Waals surface area contributed by atoms with Gasteiger partial charge in [0, 0.05) is 11.8 Å². The molecule has 9 nitrogen and oxygen atoms in total. The van der Waals surface area contributed by atoms with Gasteiger partial charge in [-0.2, -0.15) is 10.3 Å². The average Bonchev–Trinajstić information content (AvgIpc) is 3.18. The van der Waals surface area contributed by atoms with Crippen LogP contribution in [0.2, 0.25) is 0 Å². The zero-order valence-electron chi connectivity index (χ0n) is 14.5. The van der Waals surface area contributed by atoms with E-state index in [1.807, 2.05) is 0 Å². The van der Waals surface area contributed by atoms with E-state index in [4.69, 9.17) is 9.47 Å². The molecule has 0 spiro atoms. The number of ether oxygens (including phenoxy) is 2. The van der Waals surface area contributed by atoms with Gasteiger partial charge in [0.2, 0.25) is 0 Å². The van der Waals surface area contributed by atoms with Crippen LogP contribution in [0, 0.1) is 0 Å². The zero-order valence-corrected chi connectivity index (χ0v) is 14.5. The topological polar surface area (TPSA) is 119 Å². The molecule has 138 valence electrons. The van der Waals surface area contributed by atoms with Gasteiger partial charge in [0.25, 0.3) is 5.91 Å². The molecule has 27 heavy (non-hydrogen) atoms. The lowest BCUT2D eigenvalue weighted by molar-refractivity contribution is -0.118. The molecule has 0 atom stereocenters. The van der Waals surface area contributed by atoms with E-state index >= 15 is 0 Å². The van der Waals surface area contributed by atoms with Gasteiger partial charge in [0.15, 0.2) is 12.3 Å². The summed E-state index contributed by atoms with van der Waals surface area (Å²) in [7, 11) is 0. The summed E-state index contributed by atoms with van der Waals surface area (Å²) >= 11 is 0. The first-order valence-corrected chi connectivity index (χ1v) is 8.19. The Morgan fingerprint density at radius 1 is 1.11 bits per heavy atom. The van der Waals surface area contributed by atoms with Crippen molar-refractivity contribution in [2.45, 2.75) is 6.92 Å². The fourth-order valence-corrected chi connectivity index (χ4v) is 2.25. The first-order valence-electron chi connectivity index (χ1n) is 8.19. The maximum atomic E-state index is 11.9. The number of aromatic nitrogens is 4. The summed E-state index contributed by atoms with van der Waals surface area (Å²) in [5.74, 6) is 0.0849. The molecule has 3 aromatic rings. The van der Waals surface area contributed by atoms with Gasteiger partial charge in [0.05, 0.1) is 6.61 Å². The Kier molecular flexibility index (Phi) is 5.73. The predicted octanol–water partition coefficient (Wildman–Crippen LogP) is 2.06. The van der Waals surface area contributed by atoms with E-state index in [2.05, 4.69) is 25.7 Å². The third-order valence-corrected chi connectivity index (χ3v) is 3.45. The standard InChI is InChI=1S/C18H17N5O4/c1-2-26-18(25)17-16(21-23-22-17)12-6-8-13(9-7-12)27-11-15(24)20-14-5-3-4-10-19-14/h3-10H,2,11H2,1H3,(H,19,20,24)(H,21,22,23). The second-order valence-corrected chi connectivity index (χ2v) is 5.32. The van der Waals surface area contributed by atoms with Crippen molar-refractivity contribution in [2.24, 2.45) is 0 Å².